The van der Waals surface area contributed by atoms with Crippen LogP contribution in [-0.2, 0) is 5.41 Å². The Bertz CT molecular complexity index is 463. The maximum atomic E-state index is 4.51. The third-order valence-corrected chi connectivity index (χ3v) is 3.31. The fourth-order valence-electron chi connectivity index (χ4n) is 1.51. The van der Waals surface area contributed by atoms with Crippen molar-refractivity contribution in [1.82, 2.24) is 4.98 Å². The molecule has 0 fully saturated rings. The lowest BCUT2D eigenvalue weighted by molar-refractivity contribution is 0.591. The normalized spacial score (nSPS) is 12.3. The van der Waals surface area contributed by atoms with Crippen LogP contribution in [0.4, 0.5) is 0 Å². The molecule has 2 heteroatoms. The van der Waals surface area contributed by atoms with Gasteiger partial charge in [-0.1, -0.05) is 26.8 Å². The highest BCUT2D eigenvalue weighted by atomic mass is 32.1. The maximum Gasteiger partial charge on any atom is 0.0907 e. The standard InChI is InChI=1S/C12H15NS/c1-8-13-10-7-9(12(2,3)4)5-6-11(10)14-8/h5-7H,1-4H3. The number of nitrogens with zero attached hydrogens (tertiary/aromatic N) is 1. The Morgan fingerprint density at radius 3 is 2.57 bits per heavy atom. The molecular formula is C12H15NS. The lowest BCUT2D eigenvalue weighted by Crippen LogP contribution is -2.10. The van der Waals surface area contributed by atoms with Crippen LogP contribution in [0.2, 0.25) is 0 Å². The molecule has 0 spiro atoms. The van der Waals surface area contributed by atoms with Crippen LogP contribution in [0.3, 0.4) is 0 Å². The quantitative estimate of drug-likeness (QED) is 0.635. The molecule has 0 amide bonds. The Kier molecular flexibility index (Phi) is 2.11. The van der Waals surface area contributed by atoms with Crippen molar-refractivity contribution >= 4 is 21.6 Å². The number of benzene rings is 1. The third-order valence-electron chi connectivity index (χ3n) is 2.36. The largest absolute Gasteiger partial charge is 0.242 e. The van der Waals surface area contributed by atoms with E-state index in [0.717, 1.165) is 10.5 Å². The van der Waals surface area contributed by atoms with Crippen molar-refractivity contribution in [2.75, 3.05) is 0 Å². The molecule has 74 valence electrons. The zero-order valence-electron chi connectivity index (χ0n) is 9.09. The second-order valence-electron chi connectivity index (χ2n) is 4.67. The maximum absolute atomic E-state index is 4.51. The first-order chi connectivity index (χ1) is 6.47. The predicted octanol–water partition coefficient (Wildman–Crippen LogP) is 3.90. The van der Waals surface area contributed by atoms with Crippen molar-refractivity contribution in [3.8, 4) is 0 Å². The SMILES string of the molecule is Cc1nc2cc(C(C)(C)C)ccc2s1. The van der Waals surface area contributed by atoms with Crippen molar-refractivity contribution in [3.63, 3.8) is 0 Å². The summed E-state index contributed by atoms with van der Waals surface area (Å²) in [6.07, 6.45) is 0. The van der Waals surface area contributed by atoms with Crippen LogP contribution in [0.25, 0.3) is 10.2 Å². The Hall–Kier alpha value is -0.890. The van der Waals surface area contributed by atoms with E-state index in [1.54, 1.807) is 11.3 Å². The molecule has 2 aromatic rings. The molecule has 2 rings (SSSR count). The molecule has 1 nitrogen and oxygen atoms in total. The highest BCUT2D eigenvalue weighted by Crippen LogP contribution is 2.28. The van der Waals surface area contributed by atoms with Crippen LogP contribution in [-0.4, -0.2) is 4.98 Å². The van der Waals surface area contributed by atoms with Gasteiger partial charge in [-0.05, 0) is 30.0 Å². The topological polar surface area (TPSA) is 12.9 Å². The van der Waals surface area contributed by atoms with E-state index < -0.39 is 0 Å². The van der Waals surface area contributed by atoms with Crippen molar-refractivity contribution in [3.05, 3.63) is 28.8 Å². The minimum Gasteiger partial charge on any atom is -0.242 e. The molecule has 0 bridgehead atoms. The summed E-state index contributed by atoms with van der Waals surface area (Å²) in [6, 6.07) is 6.60. The van der Waals surface area contributed by atoms with E-state index in [0.29, 0.717) is 0 Å². The number of hydrogen-bond donors (Lipinski definition) is 0. The van der Waals surface area contributed by atoms with Gasteiger partial charge in [-0.25, -0.2) is 4.98 Å². The first-order valence-electron chi connectivity index (χ1n) is 4.84. The molecule has 0 aliphatic carbocycles. The van der Waals surface area contributed by atoms with E-state index in [1.807, 2.05) is 0 Å². The van der Waals surface area contributed by atoms with E-state index >= 15 is 0 Å². The highest BCUT2D eigenvalue weighted by Gasteiger charge is 2.14. The van der Waals surface area contributed by atoms with E-state index in [-0.39, 0.29) is 5.41 Å². The van der Waals surface area contributed by atoms with Crippen LogP contribution in [0.15, 0.2) is 18.2 Å². The molecule has 14 heavy (non-hydrogen) atoms. The number of thiazole rings is 1. The van der Waals surface area contributed by atoms with Gasteiger partial charge in [0.05, 0.1) is 15.2 Å². The number of fused-ring (bicyclic) bond motifs is 1. The van der Waals surface area contributed by atoms with Gasteiger partial charge in [-0.2, -0.15) is 0 Å². The summed E-state index contributed by atoms with van der Waals surface area (Å²) in [7, 11) is 0. The first kappa shape index (κ1) is 9.66. The molecule has 1 aromatic heterocycles. The van der Waals surface area contributed by atoms with Crippen LogP contribution in [0.1, 0.15) is 31.3 Å². The van der Waals surface area contributed by atoms with Gasteiger partial charge in [0.1, 0.15) is 0 Å². The molecule has 0 aliphatic rings. The smallest absolute Gasteiger partial charge is 0.0907 e. The van der Waals surface area contributed by atoms with Gasteiger partial charge >= 0.3 is 0 Å². The molecule has 1 heterocycles. The van der Waals surface area contributed by atoms with Crippen LogP contribution >= 0.6 is 11.3 Å². The molecule has 0 radical (unpaired) electrons. The van der Waals surface area contributed by atoms with Crippen LogP contribution < -0.4 is 0 Å². The van der Waals surface area contributed by atoms with Gasteiger partial charge in [0.15, 0.2) is 0 Å². The number of aryl methyl sites for hydroxylation is 1. The monoisotopic (exact) mass is 205 g/mol. The number of aromatic nitrogens is 1. The molecule has 0 N–H and O–H groups in total. The Balaban J connectivity index is 2.62. The second-order valence-corrected chi connectivity index (χ2v) is 5.90. The third kappa shape index (κ3) is 1.67. The molecule has 0 unspecified atom stereocenters. The predicted molar refractivity (Wildman–Crippen MR) is 63.1 cm³/mol. The molecule has 0 atom stereocenters. The molecule has 1 aromatic carbocycles. The molecule has 0 saturated carbocycles. The van der Waals surface area contributed by atoms with Crippen molar-refractivity contribution < 1.29 is 0 Å². The summed E-state index contributed by atoms with van der Waals surface area (Å²) in [6.45, 7) is 8.75. The van der Waals surface area contributed by atoms with Gasteiger partial charge in [0.25, 0.3) is 0 Å². The number of rotatable bonds is 0. The van der Waals surface area contributed by atoms with Crippen molar-refractivity contribution in [1.29, 1.82) is 0 Å². The van der Waals surface area contributed by atoms with Crippen LogP contribution in [0, 0.1) is 6.92 Å². The van der Waals surface area contributed by atoms with Crippen LogP contribution in [0.5, 0.6) is 0 Å². The fraction of sp³-hybridized carbons (Fsp3) is 0.417. The summed E-state index contributed by atoms with van der Waals surface area (Å²) in [5.74, 6) is 0. The summed E-state index contributed by atoms with van der Waals surface area (Å²) < 4.78 is 1.29. The minimum atomic E-state index is 0.214. The summed E-state index contributed by atoms with van der Waals surface area (Å²) in [5, 5.41) is 1.14. The van der Waals surface area contributed by atoms with E-state index in [2.05, 4.69) is 50.9 Å². The number of hydrogen-bond acceptors (Lipinski definition) is 2. The average molecular weight is 205 g/mol. The lowest BCUT2D eigenvalue weighted by Gasteiger charge is -2.18. The van der Waals surface area contributed by atoms with Gasteiger partial charge < -0.3 is 0 Å². The fourth-order valence-corrected chi connectivity index (χ4v) is 2.32. The summed E-state index contributed by atoms with van der Waals surface area (Å²) in [5.41, 5.74) is 2.71. The Labute approximate surface area is 88.8 Å². The minimum absolute atomic E-state index is 0.214. The highest BCUT2D eigenvalue weighted by molar-refractivity contribution is 7.18. The van der Waals surface area contributed by atoms with Crippen molar-refractivity contribution in [2.45, 2.75) is 33.1 Å². The van der Waals surface area contributed by atoms with E-state index in [9.17, 15) is 0 Å². The zero-order valence-corrected chi connectivity index (χ0v) is 9.90. The summed E-state index contributed by atoms with van der Waals surface area (Å²) >= 11 is 1.76. The Morgan fingerprint density at radius 1 is 1.21 bits per heavy atom. The second kappa shape index (κ2) is 3.06. The lowest BCUT2D eigenvalue weighted by atomic mass is 9.87. The van der Waals surface area contributed by atoms with E-state index in [4.69, 9.17) is 0 Å². The van der Waals surface area contributed by atoms with Gasteiger partial charge in [0, 0.05) is 0 Å². The van der Waals surface area contributed by atoms with Gasteiger partial charge in [-0.3, -0.25) is 0 Å². The first-order valence-corrected chi connectivity index (χ1v) is 5.66. The average Bonchev–Trinajstić information content (AvgIpc) is 2.41. The molecule has 0 saturated heterocycles. The zero-order chi connectivity index (χ0) is 10.3. The molecule has 0 aliphatic heterocycles. The van der Waals surface area contributed by atoms with Crippen molar-refractivity contribution in [2.24, 2.45) is 0 Å². The van der Waals surface area contributed by atoms with E-state index in [1.165, 1.54) is 10.3 Å². The summed E-state index contributed by atoms with van der Waals surface area (Å²) in [4.78, 5) is 4.51. The Morgan fingerprint density at radius 2 is 1.93 bits per heavy atom. The molecular weight excluding hydrogens is 190 g/mol. The van der Waals surface area contributed by atoms with Gasteiger partial charge in [0.2, 0.25) is 0 Å². The van der Waals surface area contributed by atoms with Gasteiger partial charge in [-0.15, -0.1) is 11.3 Å².